The van der Waals surface area contributed by atoms with Gasteiger partial charge in [-0.1, -0.05) is 30.3 Å². The fraction of sp³-hybridized carbons (Fsp3) is 0.200. The highest BCUT2D eigenvalue weighted by Crippen LogP contribution is 2.38. The Hall–Kier alpha value is -3.10. The van der Waals surface area contributed by atoms with E-state index in [2.05, 4.69) is 33.1 Å². The SMILES string of the molecule is Nc1ncc(-c2nc(N3CCOCC3)c3sc(-c4ccccc4)cc3n2)cn1. The zero-order valence-corrected chi connectivity index (χ0v) is 15.9. The van der Waals surface area contributed by atoms with Crippen molar-refractivity contribution < 1.29 is 4.74 Å². The van der Waals surface area contributed by atoms with Crippen molar-refractivity contribution in [2.24, 2.45) is 0 Å². The third kappa shape index (κ3) is 3.17. The monoisotopic (exact) mass is 390 g/mol. The van der Waals surface area contributed by atoms with Crippen LogP contribution in [0.25, 0.3) is 32.0 Å². The zero-order chi connectivity index (χ0) is 18.9. The van der Waals surface area contributed by atoms with Crippen LogP contribution in [0.1, 0.15) is 0 Å². The highest BCUT2D eigenvalue weighted by Gasteiger charge is 2.20. The topological polar surface area (TPSA) is 90.0 Å². The van der Waals surface area contributed by atoms with Gasteiger partial charge in [0.2, 0.25) is 5.95 Å². The van der Waals surface area contributed by atoms with Crippen molar-refractivity contribution in [3.8, 4) is 21.8 Å². The van der Waals surface area contributed by atoms with Gasteiger partial charge < -0.3 is 15.4 Å². The van der Waals surface area contributed by atoms with Gasteiger partial charge in [0, 0.05) is 30.4 Å². The minimum atomic E-state index is 0.236. The molecule has 0 saturated carbocycles. The van der Waals surface area contributed by atoms with Crippen molar-refractivity contribution >= 4 is 33.3 Å². The number of fused-ring (bicyclic) bond motifs is 1. The van der Waals surface area contributed by atoms with Crippen LogP contribution >= 0.6 is 11.3 Å². The zero-order valence-electron chi connectivity index (χ0n) is 15.1. The molecule has 4 heterocycles. The lowest BCUT2D eigenvalue weighted by molar-refractivity contribution is 0.122. The number of morpholine rings is 1. The molecular weight excluding hydrogens is 372 g/mol. The molecule has 1 aliphatic heterocycles. The second kappa shape index (κ2) is 7.14. The number of aromatic nitrogens is 4. The lowest BCUT2D eigenvalue weighted by atomic mass is 10.2. The second-order valence-corrected chi connectivity index (χ2v) is 7.54. The Labute approximate surface area is 165 Å². The number of rotatable bonds is 3. The molecule has 28 heavy (non-hydrogen) atoms. The Morgan fingerprint density at radius 2 is 1.71 bits per heavy atom. The molecule has 0 spiro atoms. The average molecular weight is 390 g/mol. The van der Waals surface area contributed by atoms with E-state index < -0.39 is 0 Å². The first-order valence-electron chi connectivity index (χ1n) is 9.05. The van der Waals surface area contributed by atoms with Gasteiger partial charge in [-0.05, 0) is 11.6 Å². The summed E-state index contributed by atoms with van der Waals surface area (Å²) in [6.07, 6.45) is 3.33. The predicted octanol–water partition coefficient (Wildman–Crippen LogP) is 3.23. The van der Waals surface area contributed by atoms with Crippen LogP contribution in [0.3, 0.4) is 0 Å². The Morgan fingerprint density at radius 1 is 0.964 bits per heavy atom. The van der Waals surface area contributed by atoms with Crippen molar-refractivity contribution in [3.05, 3.63) is 48.8 Å². The molecule has 140 valence electrons. The number of nitrogens with two attached hydrogens (primary N) is 1. The largest absolute Gasteiger partial charge is 0.378 e. The van der Waals surface area contributed by atoms with Crippen molar-refractivity contribution in [2.45, 2.75) is 0 Å². The summed E-state index contributed by atoms with van der Waals surface area (Å²) in [5.74, 6) is 1.78. The third-order valence-corrected chi connectivity index (χ3v) is 5.82. The minimum Gasteiger partial charge on any atom is -0.378 e. The molecule has 1 aromatic carbocycles. The molecular formula is C20H18N6OS. The van der Waals surface area contributed by atoms with E-state index in [4.69, 9.17) is 20.4 Å². The molecule has 1 aliphatic rings. The Bertz CT molecular complexity index is 1110. The van der Waals surface area contributed by atoms with E-state index in [-0.39, 0.29) is 5.95 Å². The lowest BCUT2D eigenvalue weighted by Gasteiger charge is -2.28. The van der Waals surface area contributed by atoms with E-state index in [1.165, 1.54) is 10.4 Å². The van der Waals surface area contributed by atoms with Crippen LogP contribution in [-0.4, -0.2) is 46.2 Å². The number of hydrogen-bond acceptors (Lipinski definition) is 8. The summed E-state index contributed by atoms with van der Waals surface area (Å²) in [5.41, 5.74) is 8.47. The maximum atomic E-state index is 5.63. The van der Waals surface area contributed by atoms with Gasteiger partial charge >= 0.3 is 0 Å². The molecule has 8 heteroatoms. The van der Waals surface area contributed by atoms with Crippen LogP contribution in [-0.2, 0) is 4.74 Å². The smallest absolute Gasteiger partial charge is 0.219 e. The number of benzene rings is 1. The minimum absolute atomic E-state index is 0.236. The maximum Gasteiger partial charge on any atom is 0.219 e. The van der Waals surface area contributed by atoms with Crippen LogP contribution in [0, 0.1) is 0 Å². The molecule has 1 saturated heterocycles. The highest BCUT2D eigenvalue weighted by atomic mass is 32.1. The third-order valence-electron chi connectivity index (χ3n) is 4.65. The molecule has 4 aromatic rings. The van der Waals surface area contributed by atoms with Gasteiger partial charge in [-0.3, -0.25) is 0 Å². The van der Waals surface area contributed by atoms with Gasteiger partial charge in [0.15, 0.2) is 11.6 Å². The first-order valence-corrected chi connectivity index (χ1v) is 9.87. The Kier molecular flexibility index (Phi) is 4.34. The molecule has 0 radical (unpaired) electrons. The van der Waals surface area contributed by atoms with Gasteiger partial charge in [0.05, 0.1) is 29.0 Å². The van der Waals surface area contributed by atoms with Gasteiger partial charge in [0.25, 0.3) is 0 Å². The van der Waals surface area contributed by atoms with Crippen molar-refractivity contribution in [3.63, 3.8) is 0 Å². The number of nitrogen functional groups attached to an aromatic ring is 1. The summed E-state index contributed by atoms with van der Waals surface area (Å²) < 4.78 is 6.60. The molecule has 0 aliphatic carbocycles. The van der Waals surface area contributed by atoms with E-state index >= 15 is 0 Å². The van der Waals surface area contributed by atoms with Crippen LogP contribution in [0.5, 0.6) is 0 Å². The molecule has 0 bridgehead atoms. The van der Waals surface area contributed by atoms with Gasteiger partial charge in [-0.15, -0.1) is 11.3 Å². The molecule has 5 rings (SSSR count). The first kappa shape index (κ1) is 17.0. The molecule has 2 N–H and O–H groups in total. The second-order valence-electron chi connectivity index (χ2n) is 6.49. The summed E-state index contributed by atoms with van der Waals surface area (Å²) in [6.45, 7) is 3.01. The van der Waals surface area contributed by atoms with E-state index in [1.54, 1.807) is 23.7 Å². The summed E-state index contributed by atoms with van der Waals surface area (Å²) in [7, 11) is 0. The van der Waals surface area contributed by atoms with E-state index in [0.29, 0.717) is 19.0 Å². The molecule has 0 unspecified atom stereocenters. The Morgan fingerprint density at radius 3 is 2.46 bits per heavy atom. The van der Waals surface area contributed by atoms with Crippen molar-refractivity contribution in [1.29, 1.82) is 0 Å². The van der Waals surface area contributed by atoms with Gasteiger partial charge in [-0.2, -0.15) is 0 Å². The van der Waals surface area contributed by atoms with Crippen LogP contribution < -0.4 is 10.6 Å². The molecule has 3 aromatic heterocycles. The number of nitrogens with zero attached hydrogens (tertiary/aromatic N) is 5. The standard InChI is InChI=1S/C20H18N6OS/c21-20-22-11-14(12-23-20)18-24-15-10-16(13-4-2-1-3-5-13)28-17(15)19(25-18)26-6-8-27-9-7-26/h1-5,10-12H,6-9H2,(H2,21,22,23). The highest BCUT2D eigenvalue weighted by molar-refractivity contribution is 7.22. The van der Waals surface area contributed by atoms with E-state index in [0.717, 1.165) is 34.7 Å². The molecule has 1 fully saturated rings. The molecule has 0 amide bonds. The number of thiophene rings is 1. The van der Waals surface area contributed by atoms with Crippen LogP contribution in [0.4, 0.5) is 11.8 Å². The molecule has 7 nitrogen and oxygen atoms in total. The van der Waals surface area contributed by atoms with E-state index in [9.17, 15) is 0 Å². The predicted molar refractivity (Wildman–Crippen MR) is 111 cm³/mol. The Balaban J connectivity index is 1.68. The van der Waals surface area contributed by atoms with Crippen LogP contribution in [0.2, 0.25) is 0 Å². The average Bonchev–Trinajstić information content (AvgIpc) is 3.19. The lowest BCUT2D eigenvalue weighted by Crippen LogP contribution is -2.36. The normalized spacial score (nSPS) is 14.5. The fourth-order valence-electron chi connectivity index (χ4n) is 3.23. The quantitative estimate of drug-likeness (QED) is 0.574. The summed E-state index contributed by atoms with van der Waals surface area (Å²) in [5, 5.41) is 0. The number of ether oxygens (including phenoxy) is 1. The fourth-order valence-corrected chi connectivity index (χ4v) is 4.35. The summed E-state index contributed by atoms with van der Waals surface area (Å²) >= 11 is 1.72. The first-order chi connectivity index (χ1) is 13.8. The summed E-state index contributed by atoms with van der Waals surface area (Å²) in [4.78, 5) is 21.3. The molecule has 0 atom stereocenters. The van der Waals surface area contributed by atoms with Gasteiger partial charge in [-0.25, -0.2) is 19.9 Å². The maximum absolute atomic E-state index is 5.63. The summed E-state index contributed by atoms with van der Waals surface area (Å²) in [6, 6.07) is 12.5. The van der Waals surface area contributed by atoms with Gasteiger partial charge in [0.1, 0.15) is 0 Å². The number of hydrogen-bond donors (Lipinski definition) is 1. The van der Waals surface area contributed by atoms with Crippen molar-refractivity contribution in [2.75, 3.05) is 36.9 Å². The van der Waals surface area contributed by atoms with Crippen molar-refractivity contribution in [1.82, 2.24) is 19.9 Å². The van der Waals surface area contributed by atoms with E-state index in [1.807, 2.05) is 18.2 Å². The van der Waals surface area contributed by atoms with Crippen LogP contribution in [0.15, 0.2) is 48.8 Å². The number of anilines is 2.